The van der Waals surface area contributed by atoms with Crippen LogP contribution in [0.15, 0.2) is 30.3 Å². The van der Waals surface area contributed by atoms with Crippen LogP contribution in [-0.4, -0.2) is 38.5 Å². The summed E-state index contributed by atoms with van der Waals surface area (Å²) < 4.78 is 24.3. The first-order chi connectivity index (χ1) is 13.5. The van der Waals surface area contributed by atoms with Gasteiger partial charge < -0.3 is 25.2 Å². The summed E-state index contributed by atoms with van der Waals surface area (Å²) in [6.45, 7) is 3.17. The summed E-state index contributed by atoms with van der Waals surface area (Å²) in [5.74, 6) is 0.657. The van der Waals surface area contributed by atoms with Gasteiger partial charge in [0.05, 0.1) is 18.7 Å². The number of methoxy groups -OCH3 is 1. The lowest BCUT2D eigenvalue weighted by Gasteiger charge is -2.15. The maximum atomic E-state index is 13.1. The highest BCUT2D eigenvalue weighted by Gasteiger charge is 2.12. The van der Waals surface area contributed by atoms with Crippen LogP contribution in [0.2, 0.25) is 10.0 Å². The van der Waals surface area contributed by atoms with Gasteiger partial charge in [-0.3, -0.25) is 0 Å². The third-order valence-corrected chi connectivity index (χ3v) is 4.75. The normalized spacial score (nSPS) is 10.9. The van der Waals surface area contributed by atoms with E-state index in [0.717, 1.165) is 25.1 Å². The van der Waals surface area contributed by atoms with E-state index in [-0.39, 0.29) is 13.2 Å². The molecule has 0 amide bonds. The Morgan fingerprint density at radius 1 is 0.964 bits per heavy atom. The first-order valence-corrected chi connectivity index (χ1v) is 9.76. The van der Waals surface area contributed by atoms with Crippen molar-refractivity contribution in [1.29, 1.82) is 0 Å². The van der Waals surface area contributed by atoms with E-state index in [0.29, 0.717) is 40.2 Å². The molecule has 5 nitrogen and oxygen atoms in total. The highest BCUT2D eigenvalue weighted by atomic mass is 35.5. The average molecular weight is 431 g/mol. The van der Waals surface area contributed by atoms with Crippen LogP contribution >= 0.6 is 23.2 Å². The zero-order chi connectivity index (χ0) is 20.4. The molecule has 0 spiro atoms. The molecule has 0 aliphatic carbocycles. The molecule has 0 atom stereocenters. The summed E-state index contributed by atoms with van der Waals surface area (Å²) in [6, 6.07) is 7.71. The molecule has 0 aromatic heterocycles. The Balaban J connectivity index is 1.92. The van der Waals surface area contributed by atoms with Crippen molar-refractivity contribution in [3.05, 3.63) is 57.3 Å². The SMILES string of the molecule is COc1cc(CNCCCNCCO)c(Cl)cc1OCc1ccc(F)cc1Cl. The number of aliphatic hydroxyl groups excluding tert-OH is 1. The molecule has 0 bridgehead atoms. The zero-order valence-corrected chi connectivity index (χ0v) is 17.2. The molecule has 0 saturated carbocycles. The van der Waals surface area contributed by atoms with Crippen molar-refractivity contribution in [2.45, 2.75) is 19.6 Å². The summed E-state index contributed by atoms with van der Waals surface area (Å²) in [4.78, 5) is 0. The third-order valence-electron chi connectivity index (χ3n) is 4.04. The fraction of sp³-hybridized carbons (Fsp3) is 0.400. The van der Waals surface area contributed by atoms with Crippen molar-refractivity contribution in [3.8, 4) is 11.5 Å². The third kappa shape index (κ3) is 7.11. The molecule has 2 aromatic rings. The highest BCUT2D eigenvalue weighted by Crippen LogP contribution is 2.34. The van der Waals surface area contributed by atoms with E-state index in [2.05, 4.69) is 10.6 Å². The Kier molecular flexibility index (Phi) is 9.81. The monoisotopic (exact) mass is 430 g/mol. The number of ether oxygens (including phenoxy) is 2. The zero-order valence-electron chi connectivity index (χ0n) is 15.7. The van der Waals surface area contributed by atoms with E-state index >= 15 is 0 Å². The number of hydrogen-bond acceptors (Lipinski definition) is 5. The number of benzene rings is 2. The highest BCUT2D eigenvalue weighted by molar-refractivity contribution is 6.31. The van der Waals surface area contributed by atoms with Gasteiger partial charge in [0.15, 0.2) is 11.5 Å². The molecule has 0 aliphatic heterocycles. The Hall–Kier alpha value is -1.57. The van der Waals surface area contributed by atoms with Gasteiger partial charge in [0, 0.05) is 29.7 Å². The fourth-order valence-corrected chi connectivity index (χ4v) is 2.99. The molecule has 0 fully saturated rings. The van der Waals surface area contributed by atoms with Gasteiger partial charge in [-0.05, 0) is 43.3 Å². The number of aliphatic hydroxyl groups is 1. The molecule has 0 saturated heterocycles. The molecule has 2 aromatic carbocycles. The van der Waals surface area contributed by atoms with Gasteiger partial charge in [0.1, 0.15) is 12.4 Å². The number of hydrogen-bond donors (Lipinski definition) is 3. The minimum Gasteiger partial charge on any atom is -0.493 e. The predicted octanol–water partition coefficient (Wildman–Crippen LogP) is 3.78. The van der Waals surface area contributed by atoms with Crippen molar-refractivity contribution in [1.82, 2.24) is 10.6 Å². The van der Waals surface area contributed by atoms with E-state index in [1.165, 1.54) is 12.1 Å². The molecule has 0 heterocycles. The maximum Gasteiger partial charge on any atom is 0.163 e. The van der Waals surface area contributed by atoms with E-state index in [1.54, 1.807) is 19.2 Å². The Labute approximate surface area is 174 Å². The Morgan fingerprint density at radius 2 is 1.71 bits per heavy atom. The summed E-state index contributed by atoms with van der Waals surface area (Å²) >= 11 is 12.4. The van der Waals surface area contributed by atoms with Gasteiger partial charge in [-0.15, -0.1) is 0 Å². The second kappa shape index (κ2) is 12.1. The van der Waals surface area contributed by atoms with Crippen LogP contribution in [0.25, 0.3) is 0 Å². The van der Waals surface area contributed by atoms with Crippen LogP contribution in [0.3, 0.4) is 0 Å². The second-order valence-corrected chi connectivity index (χ2v) is 6.94. The van der Waals surface area contributed by atoms with Crippen molar-refractivity contribution >= 4 is 23.2 Å². The van der Waals surface area contributed by atoms with Crippen molar-refractivity contribution in [2.75, 3.05) is 33.4 Å². The van der Waals surface area contributed by atoms with Crippen LogP contribution in [0.5, 0.6) is 11.5 Å². The van der Waals surface area contributed by atoms with Crippen LogP contribution in [0.4, 0.5) is 4.39 Å². The molecule has 0 aliphatic rings. The summed E-state index contributed by atoms with van der Waals surface area (Å²) in [7, 11) is 1.56. The number of halogens is 3. The van der Waals surface area contributed by atoms with Gasteiger partial charge in [0.25, 0.3) is 0 Å². The average Bonchev–Trinajstić information content (AvgIpc) is 2.67. The summed E-state index contributed by atoms with van der Waals surface area (Å²) in [5.41, 5.74) is 1.57. The van der Waals surface area contributed by atoms with Gasteiger partial charge >= 0.3 is 0 Å². The second-order valence-electron chi connectivity index (χ2n) is 6.12. The van der Waals surface area contributed by atoms with Gasteiger partial charge in [-0.25, -0.2) is 4.39 Å². The molecular formula is C20H25Cl2FN2O3. The van der Waals surface area contributed by atoms with Gasteiger partial charge in [-0.1, -0.05) is 29.3 Å². The van der Waals surface area contributed by atoms with E-state index in [9.17, 15) is 4.39 Å². The standard InChI is InChI=1S/C20H25Cl2FN2O3/c1-27-19-9-15(12-25-6-2-5-24-7-8-26)18(22)11-20(19)28-13-14-3-4-16(23)10-17(14)21/h3-4,9-11,24-26H,2,5-8,12-13H2,1H3. The van der Waals surface area contributed by atoms with E-state index in [1.807, 2.05) is 6.07 Å². The number of rotatable bonds is 12. The largest absolute Gasteiger partial charge is 0.493 e. The Morgan fingerprint density at radius 3 is 2.43 bits per heavy atom. The molecule has 28 heavy (non-hydrogen) atoms. The lowest BCUT2D eigenvalue weighted by atomic mass is 10.2. The smallest absolute Gasteiger partial charge is 0.163 e. The van der Waals surface area contributed by atoms with Gasteiger partial charge in [0.2, 0.25) is 0 Å². The molecule has 8 heteroatoms. The van der Waals surface area contributed by atoms with Crippen molar-refractivity contribution in [3.63, 3.8) is 0 Å². The summed E-state index contributed by atoms with van der Waals surface area (Å²) in [5, 5.41) is 16.0. The van der Waals surface area contributed by atoms with Crippen LogP contribution in [0, 0.1) is 5.82 Å². The first-order valence-electron chi connectivity index (χ1n) is 9.00. The minimum absolute atomic E-state index is 0.143. The molecule has 0 radical (unpaired) electrons. The van der Waals surface area contributed by atoms with Gasteiger partial charge in [-0.2, -0.15) is 0 Å². The topological polar surface area (TPSA) is 62.8 Å². The summed E-state index contributed by atoms with van der Waals surface area (Å²) in [6.07, 6.45) is 0.939. The molecule has 3 N–H and O–H groups in total. The molecular weight excluding hydrogens is 406 g/mol. The van der Waals surface area contributed by atoms with Crippen LogP contribution < -0.4 is 20.1 Å². The fourth-order valence-electron chi connectivity index (χ4n) is 2.54. The Bertz CT molecular complexity index is 762. The molecule has 2 rings (SSSR count). The molecule has 0 unspecified atom stereocenters. The lowest BCUT2D eigenvalue weighted by Crippen LogP contribution is -2.24. The predicted molar refractivity (Wildman–Crippen MR) is 110 cm³/mol. The quantitative estimate of drug-likeness (QED) is 0.447. The van der Waals surface area contributed by atoms with Crippen LogP contribution in [0.1, 0.15) is 17.5 Å². The minimum atomic E-state index is -0.393. The van der Waals surface area contributed by atoms with Crippen molar-refractivity contribution in [2.24, 2.45) is 0 Å². The number of nitrogens with one attached hydrogen (secondary N) is 2. The maximum absolute atomic E-state index is 13.1. The first kappa shape index (κ1) is 22.7. The van der Waals surface area contributed by atoms with E-state index in [4.69, 9.17) is 37.8 Å². The van der Waals surface area contributed by atoms with Crippen LogP contribution in [-0.2, 0) is 13.2 Å². The van der Waals surface area contributed by atoms with E-state index < -0.39 is 5.82 Å². The van der Waals surface area contributed by atoms with Crippen molar-refractivity contribution < 1.29 is 19.0 Å². The molecule has 154 valence electrons. The lowest BCUT2D eigenvalue weighted by molar-refractivity contribution is 0.284.